The number of hydrogen-bond acceptors (Lipinski definition) is 2. The highest BCUT2D eigenvalue weighted by molar-refractivity contribution is 5.31. The number of hydrogen-bond donors (Lipinski definition) is 2. The molecule has 2 rings (SSSR count). The quantitative estimate of drug-likeness (QED) is 0.825. The molecule has 1 aromatic heterocycles. The van der Waals surface area contributed by atoms with Crippen LogP contribution in [0.15, 0.2) is 30.6 Å². The molecule has 16 heavy (non-hydrogen) atoms. The van der Waals surface area contributed by atoms with Crippen molar-refractivity contribution in [2.45, 2.75) is 26.3 Å². The number of nitrogens with two attached hydrogens (primary N) is 1. The van der Waals surface area contributed by atoms with Gasteiger partial charge in [-0.2, -0.15) is 0 Å². The SMILES string of the molecule is Cc1ccc(C(N)Cc2ncc[nH]2)cc1C. The van der Waals surface area contributed by atoms with E-state index >= 15 is 0 Å². The molecule has 2 aromatic rings. The number of imidazole rings is 1. The van der Waals surface area contributed by atoms with E-state index in [9.17, 15) is 0 Å². The Morgan fingerprint density at radius 3 is 2.75 bits per heavy atom. The number of nitrogens with zero attached hydrogens (tertiary/aromatic N) is 1. The molecule has 3 nitrogen and oxygen atoms in total. The average molecular weight is 215 g/mol. The summed E-state index contributed by atoms with van der Waals surface area (Å²) in [5.74, 6) is 0.936. The Kier molecular flexibility index (Phi) is 3.06. The highest BCUT2D eigenvalue weighted by Gasteiger charge is 2.09. The first-order valence-electron chi connectivity index (χ1n) is 5.48. The smallest absolute Gasteiger partial charge is 0.107 e. The minimum absolute atomic E-state index is 0.00505. The monoisotopic (exact) mass is 215 g/mol. The largest absolute Gasteiger partial charge is 0.349 e. The fourth-order valence-electron chi connectivity index (χ4n) is 1.73. The van der Waals surface area contributed by atoms with Crippen LogP contribution in [0.4, 0.5) is 0 Å². The van der Waals surface area contributed by atoms with Crippen LogP contribution in [0.2, 0.25) is 0 Å². The molecule has 0 amide bonds. The predicted molar refractivity (Wildman–Crippen MR) is 65.1 cm³/mol. The van der Waals surface area contributed by atoms with Crippen molar-refractivity contribution in [2.24, 2.45) is 5.73 Å². The molecule has 84 valence electrons. The zero-order valence-corrected chi connectivity index (χ0v) is 9.70. The van der Waals surface area contributed by atoms with E-state index in [2.05, 4.69) is 42.0 Å². The van der Waals surface area contributed by atoms with Gasteiger partial charge in [-0.3, -0.25) is 0 Å². The number of rotatable bonds is 3. The molecule has 3 N–H and O–H groups in total. The number of aryl methyl sites for hydroxylation is 2. The summed E-state index contributed by atoms with van der Waals surface area (Å²) < 4.78 is 0. The van der Waals surface area contributed by atoms with Gasteiger partial charge in [0.15, 0.2) is 0 Å². The second-order valence-corrected chi connectivity index (χ2v) is 4.19. The predicted octanol–water partition coefficient (Wildman–Crippen LogP) is 2.27. The molecule has 0 radical (unpaired) electrons. The van der Waals surface area contributed by atoms with Gasteiger partial charge in [-0.25, -0.2) is 4.98 Å². The Balaban J connectivity index is 2.14. The first-order valence-corrected chi connectivity index (χ1v) is 5.48. The third-order valence-corrected chi connectivity index (χ3v) is 2.93. The molecule has 0 saturated carbocycles. The van der Waals surface area contributed by atoms with Crippen molar-refractivity contribution in [1.29, 1.82) is 0 Å². The van der Waals surface area contributed by atoms with Gasteiger partial charge in [0.1, 0.15) is 5.82 Å². The van der Waals surface area contributed by atoms with Crippen molar-refractivity contribution < 1.29 is 0 Å². The van der Waals surface area contributed by atoms with Gasteiger partial charge in [0.05, 0.1) is 0 Å². The molecule has 1 heterocycles. The Bertz CT molecular complexity index is 460. The minimum atomic E-state index is 0.00505. The third-order valence-electron chi connectivity index (χ3n) is 2.93. The Labute approximate surface area is 95.7 Å². The maximum Gasteiger partial charge on any atom is 0.107 e. The van der Waals surface area contributed by atoms with Crippen LogP contribution in [0.3, 0.4) is 0 Å². The van der Waals surface area contributed by atoms with E-state index < -0.39 is 0 Å². The first kappa shape index (κ1) is 10.9. The van der Waals surface area contributed by atoms with Crippen LogP contribution in [-0.2, 0) is 6.42 Å². The van der Waals surface area contributed by atoms with Gasteiger partial charge in [0.25, 0.3) is 0 Å². The fraction of sp³-hybridized carbons (Fsp3) is 0.308. The molecule has 0 bridgehead atoms. The van der Waals surface area contributed by atoms with Gasteiger partial charge in [-0.1, -0.05) is 18.2 Å². The van der Waals surface area contributed by atoms with Crippen molar-refractivity contribution in [3.63, 3.8) is 0 Å². The van der Waals surface area contributed by atoms with Crippen molar-refractivity contribution in [3.05, 3.63) is 53.1 Å². The van der Waals surface area contributed by atoms with Gasteiger partial charge in [-0.05, 0) is 30.5 Å². The highest BCUT2D eigenvalue weighted by Crippen LogP contribution is 2.17. The molecule has 0 fully saturated rings. The molecule has 0 saturated heterocycles. The lowest BCUT2D eigenvalue weighted by atomic mass is 9.99. The van der Waals surface area contributed by atoms with E-state index in [0.717, 1.165) is 12.2 Å². The molecular formula is C13H17N3. The second kappa shape index (κ2) is 4.49. The summed E-state index contributed by atoms with van der Waals surface area (Å²) in [5.41, 5.74) is 9.90. The normalized spacial score (nSPS) is 12.7. The maximum absolute atomic E-state index is 6.15. The molecule has 0 aliphatic heterocycles. The number of nitrogens with one attached hydrogen (secondary N) is 1. The third kappa shape index (κ3) is 2.31. The molecule has 0 aliphatic carbocycles. The van der Waals surface area contributed by atoms with E-state index in [1.165, 1.54) is 16.7 Å². The summed E-state index contributed by atoms with van der Waals surface area (Å²) in [6, 6.07) is 6.37. The van der Waals surface area contributed by atoms with Gasteiger partial charge in [0, 0.05) is 24.9 Å². The summed E-state index contributed by atoms with van der Waals surface area (Å²) in [6.45, 7) is 4.22. The molecular weight excluding hydrogens is 198 g/mol. The lowest BCUT2D eigenvalue weighted by molar-refractivity contribution is 0.693. The topological polar surface area (TPSA) is 54.7 Å². The second-order valence-electron chi connectivity index (χ2n) is 4.19. The van der Waals surface area contributed by atoms with E-state index in [-0.39, 0.29) is 6.04 Å². The highest BCUT2D eigenvalue weighted by atomic mass is 14.9. The fourth-order valence-corrected chi connectivity index (χ4v) is 1.73. The van der Waals surface area contributed by atoms with Crippen LogP contribution in [-0.4, -0.2) is 9.97 Å². The summed E-state index contributed by atoms with van der Waals surface area (Å²) >= 11 is 0. The number of aromatic amines is 1. The van der Waals surface area contributed by atoms with E-state index in [1.807, 2.05) is 6.20 Å². The summed E-state index contributed by atoms with van der Waals surface area (Å²) in [4.78, 5) is 7.26. The van der Waals surface area contributed by atoms with E-state index in [0.29, 0.717) is 0 Å². The summed E-state index contributed by atoms with van der Waals surface area (Å²) in [5, 5.41) is 0. The molecule has 0 aliphatic rings. The molecule has 1 aromatic carbocycles. The van der Waals surface area contributed by atoms with Crippen molar-refractivity contribution in [3.8, 4) is 0 Å². The van der Waals surface area contributed by atoms with E-state index in [4.69, 9.17) is 5.73 Å². The average Bonchev–Trinajstić information content (AvgIpc) is 2.74. The Morgan fingerprint density at radius 1 is 1.31 bits per heavy atom. The molecule has 3 heteroatoms. The molecule has 1 unspecified atom stereocenters. The van der Waals surface area contributed by atoms with Crippen molar-refractivity contribution in [1.82, 2.24) is 9.97 Å². The lowest BCUT2D eigenvalue weighted by Gasteiger charge is -2.12. The van der Waals surface area contributed by atoms with Crippen LogP contribution < -0.4 is 5.73 Å². The molecule has 1 atom stereocenters. The van der Waals surface area contributed by atoms with Crippen LogP contribution in [0.5, 0.6) is 0 Å². The number of aromatic nitrogens is 2. The lowest BCUT2D eigenvalue weighted by Crippen LogP contribution is -2.14. The standard InChI is InChI=1S/C13H17N3/c1-9-3-4-11(7-10(9)2)12(14)8-13-15-5-6-16-13/h3-7,12H,8,14H2,1-2H3,(H,15,16). The molecule has 0 spiro atoms. The zero-order valence-electron chi connectivity index (χ0n) is 9.70. The Morgan fingerprint density at radius 2 is 2.12 bits per heavy atom. The van der Waals surface area contributed by atoms with Crippen LogP contribution >= 0.6 is 0 Å². The van der Waals surface area contributed by atoms with Crippen LogP contribution in [0.25, 0.3) is 0 Å². The Hall–Kier alpha value is -1.61. The first-order chi connectivity index (χ1) is 7.66. The van der Waals surface area contributed by atoms with Gasteiger partial charge in [-0.15, -0.1) is 0 Å². The summed E-state index contributed by atoms with van der Waals surface area (Å²) in [7, 11) is 0. The number of benzene rings is 1. The minimum Gasteiger partial charge on any atom is -0.349 e. The maximum atomic E-state index is 6.15. The van der Waals surface area contributed by atoms with Crippen LogP contribution in [0, 0.1) is 13.8 Å². The number of H-pyrrole nitrogens is 1. The zero-order chi connectivity index (χ0) is 11.5. The van der Waals surface area contributed by atoms with Crippen LogP contribution in [0.1, 0.15) is 28.6 Å². The summed E-state index contributed by atoms with van der Waals surface area (Å²) in [6.07, 6.45) is 4.32. The van der Waals surface area contributed by atoms with E-state index in [1.54, 1.807) is 6.20 Å². The van der Waals surface area contributed by atoms with Crippen molar-refractivity contribution in [2.75, 3.05) is 0 Å². The van der Waals surface area contributed by atoms with Crippen molar-refractivity contribution >= 4 is 0 Å². The van der Waals surface area contributed by atoms with Gasteiger partial charge in [0.2, 0.25) is 0 Å². The van der Waals surface area contributed by atoms with Gasteiger partial charge >= 0.3 is 0 Å². The van der Waals surface area contributed by atoms with Gasteiger partial charge < -0.3 is 10.7 Å².